The van der Waals surface area contributed by atoms with Gasteiger partial charge >= 0.3 is 0 Å². The minimum absolute atomic E-state index is 0.0729. The molecule has 1 aliphatic heterocycles. The minimum atomic E-state index is -1.29. The van der Waals surface area contributed by atoms with Crippen LogP contribution in [0.25, 0.3) is 10.8 Å². The summed E-state index contributed by atoms with van der Waals surface area (Å²) >= 11 is 0. The van der Waals surface area contributed by atoms with Crippen molar-refractivity contribution in [1.82, 2.24) is 0 Å². The van der Waals surface area contributed by atoms with Crippen molar-refractivity contribution in [2.24, 2.45) is 0 Å². The highest BCUT2D eigenvalue weighted by molar-refractivity contribution is 5.83. The fraction of sp³-hybridized carbons (Fsp3) is 0.333. The van der Waals surface area contributed by atoms with Gasteiger partial charge in [-0.15, -0.1) is 0 Å². The van der Waals surface area contributed by atoms with Crippen LogP contribution in [0.5, 0.6) is 5.75 Å². The van der Waals surface area contributed by atoms with E-state index in [2.05, 4.69) is 0 Å². The molecule has 2 aromatic carbocycles. The maximum Gasteiger partial charge on any atom is 0.228 e. The third-order valence-corrected chi connectivity index (χ3v) is 3.43. The second-order valence-electron chi connectivity index (χ2n) is 4.88. The molecule has 3 rings (SSSR count). The molecule has 5 nitrogen and oxygen atoms in total. The molecule has 4 atom stereocenters. The molecule has 0 bridgehead atoms. The summed E-state index contributed by atoms with van der Waals surface area (Å²) in [6.07, 6.45) is -4.64. The average molecular weight is 276 g/mol. The molecule has 5 heteroatoms. The van der Waals surface area contributed by atoms with Gasteiger partial charge in [-0.25, -0.2) is 0 Å². The molecular formula is C15H16O5. The number of fused-ring (bicyclic) bond motifs is 1. The van der Waals surface area contributed by atoms with E-state index in [9.17, 15) is 15.3 Å². The number of benzene rings is 2. The average Bonchev–Trinajstić information content (AvgIpc) is 2.48. The molecule has 0 amide bonds. The van der Waals surface area contributed by atoms with Crippen molar-refractivity contribution in [1.29, 1.82) is 0 Å². The molecule has 2 aromatic rings. The first kappa shape index (κ1) is 13.3. The second-order valence-corrected chi connectivity index (χ2v) is 4.88. The van der Waals surface area contributed by atoms with E-state index in [0.29, 0.717) is 5.75 Å². The van der Waals surface area contributed by atoms with Crippen molar-refractivity contribution in [3.63, 3.8) is 0 Å². The zero-order chi connectivity index (χ0) is 14.1. The Labute approximate surface area is 116 Å². The van der Waals surface area contributed by atoms with Crippen LogP contribution >= 0.6 is 0 Å². The van der Waals surface area contributed by atoms with Crippen LogP contribution in [0, 0.1) is 0 Å². The summed E-state index contributed by atoms with van der Waals surface area (Å²) in [5, 5.41) is 30.9. The molecule has 20 heavy (non-hydrogen) atoms. The van der Waals surface area contributed by atoms with E-state index in [-0.39, 0.29) is 6.61 Å². The van der Waals surface area contributed by atoms with Gasteiger partial charge in [-0.2, -0.15) is 0 Å². The van der Waals surface area contributed by atoms with Gasteiger partial charge in [0.15, 0.2) is 0 Å². The number of aliphatic hydroxyl groups is 3. The molecule has 106 valence electrons. The predicted octanol–water partition coefficient (Wildman–Crippen LogP) is 0.658. The van der Waals surface area contributed by atoms with Gasteiger partial charge < -0.3 is 24.8 Å². The Kier molecular flexibility index (Phi) is 3.58. The number of aliphatic hydroxyl groups excluding tert-OH is 3. The maximum absolute atomic E-state index is 9.82. The minimum Gasteiger partial charge on any atom is -0.462 e. The molecule has 1 saturated heterocycles. The fourth-order valence-electron chi connectivity index (χ4n) is 2.26. The molecular weight excluding hydrogens is 260 g/mol. The zero-order valence-corrected chi connectivity index (χ0v) is 10.7. The van der Waals surface area contributed by atoms with Crippen molar-refractivity contribution in [3.05, 3.63) is 42.5 Å². The standard InChI is InChI=1S/C15H16O5/c16-12-8-19-15(14(18)13(12)17)20-11-6-5-9-3-1-2-4-10(9)7-11/h1-7,12-18H,8H2/t12-,13-,14-,15+/m1/s1. The normalized spacial score (nSPS) is 30.4. The fourth-order valence-corrected chi connectivity index (χ4v) is 2.26. The van der Waals surface area contributed by atoms with Gasteiger partial charge in [-0.05, 0) is 22.9 Å². The molecule has 0 aliphatic carbocycles. The topological polar surface area (TPSA) is 79.2 Å². The number of hydrogen-bond acceptors (Lipinski definition) is 5. The lowest BCUT2D eigenvalue weighted by Crippen LogP contribution is -2.54. The lowest BCUT2D eigenvalue weighted by molar-refractivity contribution is -0.242. The van der Waals surface area contributed by atoms with E-state index < -0.39 is 24.6 Å². The molecule has 0 aromatic heterocycles. The van der Waals surface area contributed by atoms with Gasteiger partial charge in [-0.3, -0.25) is 0 Å². The molecule has 0 unspecified atom stereocenters. The third kappa shape index (κ3) is 2.48. The summed E-state index contributed by atoms with van der Waals surface area (Å²) in [5.41, 5.74) is 0. The van der Waals surface area contributed by atoms with Crippen molar-refractivity contribution >= 4 is 10.8 Å². The third-order valence-electron chi connectivity index (χ3n) is 3.43. The quantitative estimate of drug-likeness (QED) is 0.751. The molecule has 0 radical (unpaired) electrons. The van der Waals surface area contributed by atoms with E-state index in [0.717, 1.165) is 10.8 Å². The van der Waals surface area contributed by atoms with E-state index in [1.54, 1.807) is 6.07 Å². The van der Waals surface area contributed by atoms with Gasteiger partial charge in [0.1, 0.15) is 24.1 Å². The second kappa shape index (κ2) is 5.38. The first-order chi connectivity index (χ1) is 9.65. The van der Waals surface area contributed by atoms with E-state index in [1.807, 2.05) is 36.4 Å². The van der Waals surface area contributed by atoms with Gasteiger partial charge in [0.2, 0.25) is 6.29 Å². The van der Waals surface area contributed by atoms with Crippen LogP contribution in [0.2, 0.25) is 0 Å². The van der Waals surface area contributed by atoms with Crippen LogP contribution in [0.4, 0.5) is 0 Å². The van der Waals surface area contributed by atoms with E-state index in [4.69, 9.17) is 9.47 Å². The predicted molar refractivity (Wildman–Crippen MR) is 72.3 cm³/mol. The highest BCUT2D eigenvalue weighted by Crippen LogP contribution is 2.24. The van der Waals surface area contributed by atoms with E-state index >= 15 is 0 Å². The molecule has 0 spiro atoms. The van der Waals surface area contributed by atoms with E-state index in [1.165, 1.54) is 0 Å². The van der Waals surface area contributed by atoms with Gasteiger partial charge in [0.25, 0.3) is 0 Å². The summed E-state index contributed by atoms with van der Waals surface area (Å²) in [5.74, 6) is 0.538. The maximum atomic E-state index is 9.82. The Morgan fingerprint density at radius 3 is 2.50 bits per heavy atom. The first-order valence-corrected chi connectivity index (χ1v) is 6.46. The molecule has 1 fully saturated rings. The monoisotopic (exact) mass is 276 g/mol. The van der Waals surface area contributed by atoms with Gasteiger partial charge in [-0.1, -0.05) is 30.3 Å². The highest BCUT2D eigenvalue weighted by atomic mass is 16.7. The highest BCUT2D eigenvalue weighted by Gasteiger charge is 2.38. The first-order valence-electron chi connectivity index (χ1n) is 6.46. The van der Waals surface area contributed by atoms with Crippen LogP contribution in [0.15, 0.2) is 42.5 Å². The van der Waals surface area contributed by atoms with Crippen LogP contribution in [-0.2, 0) is 4.74 Å². The van der Waals surface area contributed by atoms with Crippen LogP contribution in [0.3, 0.4) is 0 Å². The Morgan fingerprint density at radius 2 is 1.70 bits per heavy atom. The molecule has 3 N–H and O–H groups in total. The molecule has 1 aliphatic rings. The summed E-state index contributed by atoms with van der Waals surface area (Å²) in [6.45, 7) is -0.0729. The Balaban J connectivity index is 1.79. The SMILES string of the molecule is O[C@H]1[C@H](Oc2ccc3ccccc3c2)OC[C@@H](O)[C@H]1O. The number of ether oxygens (including phenoxy) is 2. The summed E-state index contributed by atoms with van der Waals surface area (Å²) in [4.78, 5) is 0. The number of hydrogen-bond donors (Lipinski definition) is 3. The largest absolute Gasteiger partial charge is 0.462 e. The Hall–Kier alpha value is -1.66. The lowest BCUT2D eigenvalue weighted by Gasteiger charge is -2.34. The zero-order valence-electron chi connectivity index (χ0n) is 10.7. The van der Waals surface area contributed by atoms with Gasteiger partial charge in [0, 0.05) is 0 Å². The smallest absolute Gasteiger partial charge is 0.228 e. The van der Waals surface area contributed by atoms with Gasteiger partial charge in [0.05, 0.1) is 6.61 Å². The Bertz CT molecular complexity index is 600. The Morgan fingerprint density at radius 1 is 0.950 bits per heavy atom. The summed E-state index contributed by atoms with van der Waals surface area (Å²) in [7, 11) is 0. The van der Waals surface area contributed by atoms with Crippen molar-refractivity contribution in [3.8, 4) is 5.75 Å². The van der Waals surface area contributed by atoms with Crippen molar-refractivity contribution < 1.29 is 24.8 Å². The van der Waals surface area contributed by atoms with Crippen LogP contribution in [0.1, 0.15) is 0 Å². The van der Waals surface area contributed by atoms with Crippen molar-refractivity contribution in [2.75, 3.05) is 6.61 Å². The van der Waals surface area contributed by atoms with Crippen LogP contribution in [-0.4, -0.2) is 46.5 Å². The summed E-state index contributed by atoms with van der Waals surface area (Å²) in [6, 6.07) is 13.3. The molecule has 1 heterocycles. The number of rotatable bonds is 2. The van der Waals surface area contributed by atoms with Crippen molar-refractivity contribution in [2.45, 2.75) is 24.6 Å². The molecule has 0 saturated carbocycles. The summed E-state index contributed by atoms with van der Waals surface area (Å²) < 4.78 is 10.8. The van der Waals surface area contributed by atoms with Crippen LogP contribution < -0.4 is 4.74 Å². The lowest BCUT2D eigenvalue weighted by atomic mass is 10.1.